The standard InChI is InChI=1S/C18H19F6N5O5.Re/c1-15(2)6-4-3-5-7-16(32,18(22,23)24)14(31)28-27-13(30)11-10(29(33)34)8-9(17(19,20)21)12(25-11)26-15;/h3,5,8,32H,4,6-7H2,1-2H3,(H,25,26)(H,27,30)(H,28,31);/b5-3+;. The average Bonchev–Trinajstić information content (AvgIpc) is 2.68. The quantitative estimate of drug-likeness (QED) is 0.154. The minimum absolute atomic E-state index is 0. The average molecular weight is 686 g/mol. The molecule has 0 aromatic carbocycles. The van der Waals surface area contributed by atoms with Gasteiger partial charge in [-0.2, -0.15) is 26.3 Å². The molecule has 35 heavy (non-hydrogen) atoms. The van der Waals surface area contributed by atoms with Gasteiger partial charge in [0, 0.05) is 38.4 Å². The molecule has 1 aromatic heterocycles. The molecule has 2 amide bonds. The number of nitrogens with zero attached hydrogens (tertiary/aromatic N) is 2. The van der Waals surface area contributed by atoms with E-state index in [1.807, 2.05) is 0 Å². The molecule has 10 nitrogen and oxygen atoms in total. The molecular formula is C18H19F6N5O5Re. The zero-order valence-electron chi connectivity index (χ0n) is 18.0. The Kier molecular flexibility index (Phi) is 9.05. The molecule has 1 aliphatic heterocycles. The molecule has 0 aliphatic carbocycles. The number of anilines is 1. The molecule has 2 bridgehead atoms. The zero-order chi connectivity index (χ0) is 26.1. The van der Waals surface area contributed by atoms with Gasteiger partial charge in [-0.1, -0.05) is 12.2 Å². The molecule has 17 heteroatoms. The van der Waals surface area contributed by atoms with Crippen LogP contribution in [0.3, 0.4) is 0 Å². The van der Waals surface area contributed by atoms with Gasteiger partial charge in [-0.25, -0.2) is 4.98 Å². The van der Waals surface area contributed by atoms with Crippen LogP contribution in [0.25, 0.3) is 0 Å². The molecule has 1 aromatic rings. The minimum atomic E-state index is -5.48. The van der Waals surface area contributed by atoms with Crippen molar-refractivity contribution in [2.45, 2.75) is 56.6 Å². The number of amides is 2. The number of pyridine rings is 1. The van der Waals surface area contributed by atoms with Gasteiger partial charge in [-0.3, -0.25) is 30.6 Å². The summed E-state index contributed by atoms with van der Waals surface area (Å²) in [4.78, 5) is 37.8. The largest absolute Gasteiger partial charge is 0.426 e. The predicted octanol–water partition coefficient (Wildman–Crippen LogP) is 2.99. The number of alkyl halides is 6. The van der Waals surface area contributed by atoms with E-state index in [0.29, 0.717) is 0 Å². The van der Waals surface area contributed by atoms with Gasteiger partial charge in [0.2, 0.25) is 11.3 Å². The van der Waals surface area contributed by atoms with Crippen LogP contribution in [-0.2, 0) is 31.4 Å². The number of aliphatic hydroxyl groups is 1. The van der Waals surface area contributed by atoms with Crippen LogP contribution in [0.4, 0.5) is 37.8 Å². The van der Waals surface area contributed by atoms with Crippen molar-refractivity contribution in [3.63, 3.8) is 0 Å². The second kappa shape index (κ2) is 10.5. The number of carbonyl (C=O) groups excluding carboxylic acids is 2. The molecule has 2 heterocycles. The van der Waals surface area contributed by atoms with Crippen molar-refractivity contribution in [1.82, 2.24) is 15.8 Å². The summed E-state index contributed by atoms with van der Waals surface area (Å²) in [5.41, 5.74) is -6.66. The number of rotatable bonds is 1. The first-order valence-corrected chi connectivity index (χ1v) is 9.49. The van der Waals surface area contributed by atoms with E-state index in [1.165, 1.54) is 30.8 Å². The minimum Gasteiger partial charge on any atom is -0.372 e. The van der Waals surface area contributed by atoms with Gasteiger partial charge < -0.3 is 10.4 Å². The van der Waals surface area contributed by atoms with Crippen molar-refractivity contribution in [3.8, 4) is 0 Å². The van der Waals surface area contributed by atoms with Crippen molar-refractivity contribution >= 4 is 23.3 Å². The Balaban J connectivity index is 0.00000612. The number of hydrogen-bond donors (Lipinski definition) is 4. The third-order valence-corrected chi connectivity index (χ3v) is 4.83. The van der Waals surface area contributed by atoms with Gasteiger partial charge in [0.25, 0.3) is 11.8 Å². The molecule has 0 spiro atoms. The van der Waals surface area contributed by atoms with E-state index < -0.39 is 69.4 Å². The summed E-state index contributed by atoms with van der Waals surface area (Å²) >= 11 is 0. The Bertz CT molecular complexity index is 1030. The summed E-state index contributed by atoms with van der Waals surface area (Å²) in [5, 5.41) is 23.7. The van der Waals surface area contributed by atoms with Gasteiger partial charge >= 0.3 is 18.0 Å². The van der Waals surface area contributed by atoms with Crippen LogP contribution in [0.2, 0.25) is 0 Å². The van der Waals surface area contributed by atoms with Crippen molar-refractivity contribution in [3.05, 3.63) is 39.6 Å². The fraction of sp³-hybridized carbons (Fsp3) is 0.500. The molecule has 0 saturated heterocycles. The first-order valence-electron chi connectivity index (χ1n) is 9.49. The second-order valence-electron chi connectivity index (χ2n) is 8.00. The maximum atomic E-state index is 13.6. The van der Waals surface area contributed by atoms with Crippen molar-refractivity contribution in [1.29, 1.82) is 0 Å². The monoisotopic (exact) mass is 686 g/mol. The van der Waals surface area contributed by atoms with E-state index >= 15 is 0 Å². The van der Waals surface area contributed by atoms with E-state index in [1.54, 1.807) is 0 Å². The van der Waals surface area contributed by atoms with Crippen LogP contribution >= 0.6 is 0 Å². The summed E-state index contributed by atoms with van der Waals surface area (Å²) < 4.78 is 80.8. The van der Waals surface area contributed by atoms with Gasteiger partial charge in [0.05, 0.1) is 4.92 Å². The number of halogens is 6. The molecule has 1 radical (unpaired) electrons. The third-order valence-electron chi connectivity index (χ3n) is 4.83. The number of nitrogens with one attached hydrogen (secondary N) is 3. The van der Waals surface area contributed by atoms with E-state index in [0.717, 1.165) is 6.08 Å². The first kappa shape index (κ1) is 30.3. The van der Waals surface area contributed by atoms with Crippen LogP contribution in [0.15, 0.2) is 18.2 Å². The van der Waals surface area contributed by atoms with Gasteiger partial charge in [0.15, 0.2) is 0 Å². The Hall–Kier alpha value is -2.77. The number of carbonyl (C=O) groups is 2. The van der Waals surface area contributed by atoms with Crippen molar-refractivity contribution in [2.75, 3.05) is 5.32 Å². The molecular weight excluding hydrogens is 666 g/mol. The predicted molar refractivity (Wildman–Crippen MR) is 103 cm³/mol. The van der Waals surface area contributed by atoms with Crippen molar-refractivity contribution in [2.24, 2.45) is 0 Å². The molecule has 0 saturated carbocycles. The van der Waals surface area contributed by atoms with Gasteiger partial charge in [-0.05, 0) is 26.7 Å². The second-order valence-corrected chi connectivity index (χ2v) is 8.00. The Morgan fingerprint density at radius 3 is 2.23 bits per heavy atom. The van der Waals surface area contributed by atoms with Crippen LogP contribution in [0, 0.1) is 10.1 Å². The maximum Gasteiger partial charge on any atom is 0.426 e. The number of hydrazine groups is 1. The number of fused-ring (bicyclic) bond motifs is 2. The zero-order valence-corrected chi connectivity index (χ0v) is 20.7. The summed E-state index contributed by atoms with van der Waals surface area (Å²) in [5.74, 6) is -4.75. The fourth-order valence-corrected chi connectivity index (χ4v) is 2.93. The first-order chi connectivity index (χ1) is 15.4. The summed E-state index contributed by atoms with van der Waals surface area (Å²) in [6.45, 7) is 2.86. The van der Waals surface area contributed by atoms with Crippen LogP contribution in [0.1, 0.15) is 49.2 Å². The van der Waals surface area contributed by atoms with Crippen molar-refractivity contribution < 1.29 is 66.4 Å². The normalized spacial score (nSPS) is 22.3. The van der Waals surface area contributed by atoms with E-state index in [4.69, 9.17) is 0 Å². The molecule has 2 rings (SSSR count). The Morgan fingerprint density at radius 1 is 1.11 bits per heavy atom. The summed E-state index contributed by atoms with van der Waals surface area (Å²) in [6.07, 6.45) is -9.76. The molecule has 1 unspecified atom stereocenters. The van der Waals surface area contributed by atoms with E-state index in [9.17, 15) is 51.2 Å². The number of allylic oxidation sites excluding steroid dienone is 1. The van der Waals surface area contributed by atoms with Crippen LogP contribution in [-0.4, -0.2) is 44.1 Å². The van der Waals surface area contributed by atoms with E-state index in [-0.39, 0.29) is 39.3 Å². The fourth-order valence-electron chi connectivity index (χ4n) is 2.93. The Morgan fingerprint density at radius 2 is 1.71 bits per heavy atom. The molecule has 4 N–H and O–H groups in total. The van der Waals surface area contributed by atoms with Crippen LogP contribution < -0.4 is 16.2 Å². The smallest absolute Gasteiger partial charge is 0.372 e. The molecule has 195 valence electrons. The summed E-state index contributed by atoms with van der Waals surface area (Å²) in [7, 11) is 0. The topological polar surface area (TPSA) is 146 Å². The van der Waals surface area contributed by atoms with Gasteiger partial charge in [0.1, 0.15) is 11.4 Å². The van der Waals surface area contributed by atoms with Crippen LogP contribution in [0.5, 0.6) is 0 Å². The third kappa shape index (κ3) is 6.89. The SMILES string of the molecule is CC1(C)CC/C=C/CC(O)(C(F)(F)F)C(=O)NNC(=O)c2nc(c(C(F)(F)F)cc2[N+](=O)[O-])N1.[Re]. The maximum absolute atomic E-state index is 13.6. The number of hydrogen-bond acceptors (Lipinski definition) is 7. The number of nitro groups is 1. The van der Waals surface area contributed by atoms with Gasteiger partial charge in [-0.15, -0.1) is 0 Å². The molecule has 0 fully saturated rings. The number of aromatic nitrogens is 1. The Labute approximate surface area is 207 Å². The molecule has 1 atom stereocenters. The molecule has 1 aliphatic rings. The summed E-state index contributed by atoms with van der Waals surface area (Å²) in [6, 6.07) is 0.0478. The van der Waals surface area contributed by atoms with E-state index in [2.05, 4.69) is 10.3 Å².